The Hall–Kier alpha value is -0.560. The standard InChI is InChI=1S/C7H13N.C2H6/c1-4-5-7(2)6-8-3;1-2/h4-5,8H,2,6H2,1,3H3;1-2H3/b5-4-;. The highest BCUT2D eigenvalue weighted by Gasteiger charge is 1.79. The first-order valence-corrected chi connectivity index (χ1v) is 3.76. The first kappa shape index (κ1) is 12.1. The zero-order valence-corrected chi connectivity index (χ0v) is 7.57. The highest BCUT2D eigenvalue weighted by molar-refractivity contribution is 5.14. The van der Waals surface area contributed by atoms with Crippen molar-refractivity contribution in [1.29, 1.82) is 0 Å². The van der Waals surface area contributed by atoms with Gasteiger partial charge in [0.2, 0.25) is 0 Å². The zero-order chi connectivity index (χ0) is 8.41. The van der Waals surface area contributed by atoms with Gasteiger partial charge in [-0.3, -0.25) is 0 Å². The summed E-state index contributed by atoms with van der Waals surface area (Å²) in [6.07, 6.45) is 3.98. The van der Waals surface area contributed by atoms with Gasteiger partial charge < -0.3 is 5.32 Å². The molecule has 0 spiro atoms. The molecule has 0 saturated carbocycles. The third-order valence-corrected chi connectivity index (χ3v) is 0.806. The molecule has 0 radical (unpaired) electrons. The normalized spacial score (nSPS) is 8.80. The molecule has 0 aliphatic carbocycles. The fourth-order valence-corrected chi connectivity index (χ4v) is 0.522. The molecular weight excluding hydrogens is 122 g/mol. The van der Waals surface area contributed by atoms with Crippen LogP contribution in [0.3, 0.4) is 0 Å². The lowest BCUT2D eigenvalue weighted by atomic mass is 10.3. The summed E-state index contributed by atoms with van der Waals surface area (Å²) in [4.78, 5) is 0. The second-order valence-electron chi connectivity index (χ2n) is 1.69. The Kier molecular flexibility index (Phi) is 13.7. The third kappa shape index (κ3) is 10.4. The number of hydrogen-bond acceptors (Lipinski definition) is 1. The van der Waals surface area contributed by atoms with Crippen LogP contribution in [0.25, 0.3) is 0 Å². The van der Waals surface area contributed by atoms with Gasteiger partial charge in [-0.2, -0.15) is 0 Å². The Labute approximate surface area is 64.8 Å². The van der Waals surface area contributed by atoms with E-state index in [9.17, 15) is 0 Å². The Morgan fingerprint density at radius 3 is 2.30 bits per heavy atom. The summed E-state index contributed by atoms with van der Waals surface area (Å²) in [6.45, 7) is 10.7. The predicted octanol–water partition coefficient (Wildman–Crippen LogP) is 2.36. The molecule has 0 unspecified atom stereocenters. The summed E-state index contributed by atoms with van der Waals surface area (Å²) < 4.78 is 0. The van der Waals surface area contributed by atoms with Crippen molar-refractivity contribution in [2.45, 2.75) is 20.8 Å². The molecule has 0 rings (SSSR count). The van der Waals surface area contributed by atoms with Crippen molar-refractivity contribution in [2.24, 2.45) is 0 Å². The van der Waals surface area contributed by atoms with E-state index in [1.54, 1.807) is 0 Å². The third-order valence-electron chi connectivity index (χ3n) is 0.806. The van der Waals surface area contributed by atoms with E-state index in [1.165, 1.54) is 0 Å². The monoisotopic (exact) mass is 141 g/mol. The van der Waals surface area contributed by atoms with Crippen LogP contribution in [-0.4, -0.2) is 13.6 Å². The van der Waals surface area contributed by atoms with Gasteiger partial charge in [0.1, 0.15) is 0 Å². The SMILES string of the molecule is C=C(/C=C\C)CNC.CC. The van der Waals surface area contributed by atoms with Gasteiger partial charge in [0.05, 0.1) is 0 Å². The lowest BCUT2D eigenvalue weighted by molar-refractivity contribution is 0.898. The molecule has 1 heteroatoms. The molecule has 0 bridgehead atoms. The molecule has 0 atom stereocenters. The molecule has 1 nitrogen and oxygen atoms in total. The van der Waals surface area contributed by atoms with E-state index in [0.717, 1.165) is 12.1 Å². The summed E-state index contributed by atoms with van der Waals surface area (Å²) in [7, 11) is 1.91. The Balaban J connectivity index is 0. The average molecular weight is 141 g/mol. The zero-order valence-electron chi connectivity index (χ0n) is 7.57. The van der Waals surface area contributed by atoms with E-state index >= 15 is 0 Å². The molecule has 0 aromatic carbocycles. The number of rotatable bonds is 3. The minimum absolute atomic E-state index is 0.879. The minimum Gasteiger partial charge on any atom is -0.316 e. The fraction of sp³-hybridized carbons (Fsp3) is 0.556. The van der Waals surface area contributed by atoms with Gasteiger partial charge in [-0.05, 0) is 19.5 Å². The summed E-state index contributed by atoms with van der Waals surface area (Å²) >= 11 is 0. The second-order valence-corrected chi connectivity index (χ2v) is 1.69. The molecule has 0 fully saturated rings. The number of likely N-dealkylation sites (N-methyl/N-ethyl adjacent to an activating group) is 1. The van der Waals surface area contributed by atoms with Gasteiger partial charge in [-0.25, -0.2) is 0 Å². The fourth-order valence-electron chi connectivity index (χ4n) is 0.522. The maximum absolute atomic E-state index is 3.78. The van der Waals surface area contributed by atoms with Gasteiger partial charge in [-0.15, -0.1) is 0 Å². The van der Waals surface area contributed by atoms with E-state index in [2.05, 4.69) is 11.9 Å². The van der Waals surface area contributed by atoms with Crippen molar-refractivity contribution < 1.29 is 0 Å². The van der Waals surface area contributed by atoms with Crippen LogP contribution < -0.4 is 5.32 Å². The highest BCUT2D eigenvalue weighted by Crippen LogP contribution is 1.87. The molecule has 0 saturated heterocycles. The van der Waals surface area contributed by atoms with E-state index in [1.807, 2.05) is 40.0 Å². The van der Waals surface area contributed by atoms with Gasteiger partial charge in [0, 0.05) is 6.54 Å². The predicted molar refractivity (Wildman–Crippen MR) is 49.2 cm³/mol. The van der Waals surface area contributed by atoms with Gasteiger partial charge in [-0.1, -0.05) is 32.6 Å². The summed E-state index contributed by atoms with van der Waals surface area (Å²) in [5.41, 5.74) is 1.12. The summed E-state index contributed by atoms with van der Waals surface area (Å²) in [5, 5.41) is 3.00. The van der Waals surface area contributed by atoms with Crippen LogP contribution in [-0.2, 0) is 0 Å². The highest BCUT2D eigenvalue weighted by atomic mass is 14.8. The molecule has 0 aromatic rings. The van der Waals surface area contributed by atoms with Crippen LogP contribution in [0.15, 0.2) is 24.3 Å². The van der Waals surface area contributed by atoms with Crippen molar-refractivity contribution in [3.8, 4) is 0 Å². The van der Waals surface area contributed by atoms with E-state index in [-0.39, 0.29) is 0 Å². The van der Waals surface area contributed by atoms with E-state index < -0.39 is 0 Å². The number of allylic oxidation sites excluding steroid dienone is 1. The largest absolute Gasteiger partial charge is 0.316 e. The Morgan fingerprint density at radius 1 is 1.50 bits per heavy atom. The maximum atomic E-state index is 3.78. The maximum Gasteiger partial charge on any atom is 0.0196 e. The first-order valence-electron chi connectivity index (χ1n) is 3.76. The molecule has 0 aliphatic heterocycles. The quantitative estimate of drug-likeness (QED) is 0.595. The van der Waals surface area contributed by atoms with E-state index in [4.69, 9.17) is 0 Å². The van der Waals surface area contributed by atoms with Gasteiger partial charge in [0.25, 0.3) is 0 Å². The van der Waals surface area contributed by atoms with Crippen molar-refractivity contribution in [3.63, 3.8) is 0 Å². The van der Waals surface area contributed by atoms with Crippen LogP contribution in [0, 0.1) is 0 Å². The molecular formula is C9H19N. The summed E-state index contributed by atoms with van der Waals surface area (Å²) in [6, 6.07) is 0. The molecule has 60 valence electrons. The molecule has 10 heavy (non-hydrogen) atoms. The average Bonchev–Trinajstić information content (AvgIpc) is 1.93. The summed E-state index contributed by atoms with van der Waals surface area (Å²) in [5.74, 6) is 0. The second kappa shape index (κ2) is 11.3. The van der Waals surface area contributed by atoms with Crippen LogP contribution in [0.5, 0.6) is 0 Å². The topological polar surface area (TPSA) is 12.0 Å². The molecule has 0 aromatic heterocycles. The lowest BCUT2D eigenvalue weighted by Gasteiger charge is -1.94. The molecule has 1 N–H and O–H groups in total. The Morgan fingerprint density at radius 2 is 2.00 bits per heavy atom. The van der Waals surface area contributed by atoms with Crippen molar-refractivity contribution >= 4 is 0 Å². The Bertz CT molecular complexity index is 92.9. The van der Waals surface area contributed by atoms with Gasteiger partial charge in [0.15, 0.2) is 0 Å². The van der Waals surface area contributed by atoms with Crippen LogP contribution >= 0.6 is 0 Å². The van der Waals surface area contributed by atoms with Crippen LogP contribution in [0.2, 0.25) is 0 Å². The van der Waals surface area contributed by atoms with E-state index in [0.29, 0.717) is 0 Å². The number of nitrogens with one attached hydrogen (secondary N) is 1. The smallest absolute Gasteiger partial charge is 0.0196 e. The number of hydrogen-bond donors (Lipinski definition) is 1. The van der Waals surface area contributed by atoms with Crippen LogP contribution in [0.1, 0.15) is 20.8 Å². The van der Waals surface area contributed by atoms with Crippen molar-refractivity contribution in [1.82, 2.24) is 5.32 Å². The first-order chi connectivity index (χ1) is 4.81. The van der Waals surface area contributed by atoms with Gasteiger partial charge >= 0.3 is 0 Å². The lowest BCUT2D eigenvalue weighted by Crippen LogP contribution is -2.07. The minimum atomic E-state index is 0.879. The van der Waals surface area contributed by atoms with Crippen LogP contribution in [0.4, 0.5) is 0 Å². The molecule has 0 heterocycles. The molecule has 0 amide bonds. The van der Waals surface area contributed by atoms with Crippen molar-refractivity contribution in [2.75, 3.05) is 13.6 Å². The van der Waals surface area contributed by atoms with Crippen molar-refractivity contribution in [3.05, 3.63) is 24.3 Å². The molecule has 0 aliphatic rings.